The fourth-order valence-electron chi connectivity index (χ4n) is 2.02. The highest BCUT2D eigenvalue weighted by molar-refractivity contribution is 5.96. The van der Waals surface area contributed by atoms with Crippen molar-refractivity contribution in [2.24, 2.45) is 5.73 Å². The summed E-state index contributed by atoms with van der Waals surface area (Å²) in [6, 6.07) is 5.74. The Kier molecular flexibility index (Phi) is 6.93. The zero-order valence-electron chi connectivity index (χ0n) is 13.4. The van der Waals surface area contributed by atoms with Crippen molar-refractivity contribution in [3.63, 3.8) is 0 Å². The van der Waals surface area contributed by atoms with Gasteiger partial charge >= 0.3 is 0 Å². The Bertz CT molecular complexity index is 541. The van der Waals surface area contributed by atoms with E-state index in [2.05, 4.69) is 16.7 Å². The molecular formula is C17H25N3O. The maximum Gasteiger partial charge on any atom is 0.254 e. The SMILES string of the molecule is Cc1ccc(C#CCN)c(C(=O)N(C)CCCN(C)C)c1. The molecule has 0 spiro atoms. The molecule has 1 amide bonds. The third kappa shape index (κ3) is 5.58. The zero-order chi connectivity index (χ0) is 15.8. The highest BCUT2D eigenvalue weighted by Gasteiger charge is 2.15. The van der Waals surface area contributed by atoms with E-state index in [1.54, 1.807) is 4.90 Å². The molecule has 0 aliphatic rings. The molecule has 0 heterocycles. The first kappa shape index (κ1) is 17.2. The number of carbonyl (C=O) groups excluding carboxylic acids is 1. The number of aryl methyl sites for hydroxylation is 1. The van der Waals surface area contributed by atoms with Gasteiger partial charge < -0.3 is 15.5 Å². The molecular weight excluding hydrogens is 262 g/mol. The summed E-state index contributed by atoms with van der Waals surface area (Å²) in [5.41, 5.74) is 7.87. The molecule has 4 nitrogen and oxygen atoms in total. The van der Waals surface area contributed by atoms with Crippen LogP contribution in [0, 0.1) is 18.8 Å². The van der Waals surface area contributed by atoms with Gasteiger partial charge in [0.15, 0.2) is 0 Å². The highest BCUT2D eigenvalue weighted by Crippen LogP contribution is 2.13. The average Bonchev–Trinajstić information content (AvgIpc) is 2.44. The summed E-state index contributed by atoms with van der Waals surface area (Å²) >= 11 is 0. The molecule has 1 rings (SSSR count). The van der Waals surface area contributed by atoms with Gasteiger partial charge in [0, 0.05) is 19.2 Å². The molecule has 0 atom stereocenters. The summed E-state index contributed by atoms with van der Waals surface area (Å²) in [7, 11) is 5.90. The predicted molar refractivity (Wildman–Crippen MR) is 87.2 cm³/mol. The standard InChI is InChI=1S/C17H25N3O/c1-14-8-9-15(7-5-10-18)16(13-14)17(21)20(4)12-6-11-19(2)3/h8-9,13H,6,10-12,18H2,1-4H3. The quantitative estimate of drug-likeness (QED) is 0.831. The first-order valence-corrected chi connectivity index (χ1v) is 7.15. The van der Waals surface area contributed by atoms with E-state index >= 15 is 0 Å². The summed E-state index contributed by atoms with van der Waals surface area (Å²) in [6.45, 7) is 3.96. The van der Waals surface area contributed by atoms with Crippen molar-refractivity contribution in [1.82, 2.24) is 9.80 Å². The number of nitrogens with two attached hydrogens (primary N) is 1. The molecule has 1 aromatic rings. The number of amides is 1. The van der Waals surface area contributed by atoms with Crippen molar-refractivity contribution in [3.8, 4) is 11.8 Å². The van der Waals surface area contributed by atoms with E-state index in [-0.39, 0.29) is 5.91 Å². The van der Waals surface area contributed by atoms with Crippen LogP contribution in [0.2, 0.25) is 0 Å². The van der Waals surface area contributed by atoms with Gasteiger partial charge in [-0.2, -0.15) is 0 Å². The minimum atomic E-state index is 0.0128. The molecule has 0 aromatic heterocycles. The van der Waals surface area contributed by atoms with E-state index in [1.807, 2.05) is 46.3 Å². The lowest BCUT2D eigenvalue weighted by atomic mass is 10.0. The number of carbonyl (C=O) groups is 1. The molecule has 4 heteroatoms. The molecule has 0 unspecified atom stereocenters. The second-order valence-electron chi connectivity index (χ2n) is 5.44. The van der Waals surface area contributed by atoms with E-state index in [4.69, 9.17) is 5.73 Å². The first-order valence-electron chi connectivity index (χ1n) is 7.15. The molecule has 0 saturated carbocycles. The van der Waals surface area contributed by atoms with Gasteiger partial charge in [0.1, 0.15) is 0 Å². The molecule has 2 N–H and O–H groups in total. The van der Waals surface area contributed by atoms with Gasteiger partial charge in [-0.25, -0.2) is 0 Å². The van der Waals surface area contributed by atoms with Crippen LogP contribution in [0.25, 0.3) is 0 Å². The van der Waals surface area contributed by atoms with Crippen LogP contribution in [0.1, 0.15) is 27.9 Å². The van der Waals surface area contributed by atoms with E-state index in [1.165, 1.54) is 0 Å². The van der Waals surface area contributed by atoms with Crippen molar-refractivity contribution in [3.05, 3.63) is 34.9 Å². The maximum absolute atomic E-state index is 12.6. The van der Waals surface area contributed by atoms with Gasteiger partial charge in [-0.3, -0.25) is 4.79 Å². The number of nitrogens with zero attached hydrogens (tertiary/aromatic N) is 2. The van der Waals surface area contributed by atoms with Gasteiger partial charge in [0.05, 0.1) is 12.1 Å². The first-order chi connectivity index (χ1) is 9.95. The monoisotopic (exact) mass is 287 g/mol. The van der Waals surface area contributed by atoms with Gasteiger partial charge in [0.2, 0.25) is 0 Å². The number of rotatable bonds is 5. The lowest BCUT2D eigenvalue weighted by molar-refractivity contribution is 0.0790. The van der Waals surface area contributed by atoms with E-state index in [9.17, 15) is 4.79 Å². The Balaban J connectivity index is 2.87. The van der Waals surface area contributed by atoms with Gasteiger partial charge in [-0.05, 0) is 46.1 Å². The van der Waals surface area contributed by atoms with Crippen LogP contribution >= 0.6 is 0 Å². The summed E-state index contributed by atoms with van der Waals surface area (Å²) < 4.78 is 0. The Morgan fingerprint density at radius 3 is 2.57 bits per heavy atom. The van der Waals surface area contributed by atoms with E-state index in [0.29, 0.717) is 12.1 Å². The lowest BCUT2D eigenvalue weighted by Gasteiger charge is -2.19. The van der Waals surface area contributed by atoms with Crippen LogP contribution in [0.3, 0.4) is 0 Å². The normalized spacial score (nSPS) is 10.2. The van der Waals surface area contributed by atoms with Crippen molar-refractivity contribution in [2.45, 2.75) is 13.3 Å². The summed E-state index contributed by atoms with van der Waals surface area (Å²) in [4.78, 5) is 16.4. The minimum Gasteiger partial charge on any atom is -0.342 e. The Hall–Kier alpha value is -1.83. The summed E-state index contributed by atoms with van der Waals surface area (Å²) in [5, 5.41) is 0. The van der Waals surface area contributed by atoms with Crippen LogP contribution in [0.4, 0.5) is 0 Å². The molecule has 0 aliphatic heterocycles. The van der Waals surface area contributed by atoms with Gasteiger partial charge in [-0.15, -0.1) is 0 Å². The van der Waals surface area contributed by atoms with Gasteiger partial charge in [-0.1, -0.05) is 23.5 Å². The second-order valence-corrected chi connectivity index (χ2v) is 5.44. The smallest absolute Gasteiger partial charge is 0.254 e. The van der Waals surface area contributed by atoms with Crippen LogP contribution in [0.15, 0.2) is 18.2 Å². The fourth-order valence-corrected chi connectivity index (χ4v) is 2.02. The second kappa shape index (κ2) is 8.46. The van der Waals surface area contributed by atoms with Gasteiger partial charge in [0.25, 0.3) is 5.91 Å². The van der Waals surface area contributed by atoms with Crippen LogP contribution in [-0.2, 0) is 0 Å². The molecule has 0 saturated heterocycles. The molecule has 0 bridgehead atoms. The number of benzene rings is 1. The molecule has 1 aromatic carbocycles. The van der Waals surface area contributed by atoms with Crippen molar-refractivity contribution in [2.75, 3.05) is 40.8 Å². The van der Waals surface area contributed by atoms with Crippen molar-refractivity contribution in [1.29, 1.82) is 0 Å². The van der Waals surface area contributed by atoms with Crippen LogP contribution in [-0.4, -0.2) is 56.5 Å². The summed E-state index contributed by atoms with van der Waals surface area (Å²) in [6.07, 6.45) is 0.949. The Labute approximate surface area is 127 Å². The highest BCUT2D eigenvalue weighted by atomic mass is 16.2. The lowest BCUT2D eigenvalue weighted by Crippen LogP contribution is -2.30. The number of hydrogen-bond donors (Lipinski definition) is 1. The third-order valence-corrected chi connectivity index (χ3v) is 3.18. The zero-order valence-corrected chi connectivity index (χ0v) is 13.4. The molecule has 0 radical (unpaired) electrons. The molecule has 0 fully saturated rings. The molecule has 21 heavy (non-hydrogen) atoms. The van der Waals surface area contributed by atoms with Crippen molar-refractivity contribution >= 4 is 5.91 Å². The Morgan fingerprint density at radius 1 is 1.24 bits per heavy atom. The number of hydrogen-bond acceptors (Lipinski definition) is 3. The van der Waals surface area contributed by atoms with Crippen molar-refractivity contribution < 1.29 is 4.79 Å². The Morgan fingerprint density at radius 2 is 1.95 bits per heavy atom. The van der Waals surface area contributed by atoms with E-state index < -0.39 is 0 Å². The molecule has 0 aliphatic carbocycles. The van der Waals surface area contributed by atoms with Crippen LogP contribution < -0.4 is 5.73 Å². The summed E-state index contributed by atoms with van der Waals surface area (Å²) in [5.74, 6) is 5.81. The average molecular weight is 287 g/mol. The minimum absolute atomic E-state index is 0.0128. The predicted octanol–water partition coefficient (Wildman–Crippen LogP) is 1.33. The maximum atomic E-state index is 12.6. The fraction of sp³-hybridized carbons (Fsp3) is 0.471. The largest absolute Gasteiger partial charge is 0.342 e. The third-order valence-electron chi connectivity index (χ3n) is 3.18. The topological polar surface area (TPSA) is 49.6 Å². The van der Waals surface area contributed by atoms with E-state index in [0.717, 1.165) is 30.6 Å². The molecule has 114 valence electrons. The van der Waals surface area contributed by atoms with Crippen LogP contribution in [0.5, 0.6) is 0 Å².